The van der Waals surface area contributed by atoms with E-state index in [1.54, 1.807) is 0 Å². The molecule has 6 nitrogen and oxygen atoms in total. The van der Waals surface area contributed by atoms with Crippen molar-refractivity contribution in [1.82, 2.24) is 5.32 Å². The second kappa shape index (κ2) is 5.08. The van der Waals surface area contributed by atoms with Crippen LogP contribution in [0.1, 0.15) is 23.2 Å². The number of phenols is 2. The fourth-order valence-corrected chi connectivity index (χ4v) is 3.91. The maximum Gasteiger partial charge on any atom is 0.258 e. The Bertz CT molecular complexity index is 576. The fraction of sp³-hybridized carbons (Fsp3) is 0.417. The number of hydrogen-bond donors (Lipinski definition) is 3. The summed E-state index contributed by atoms with van der Waals surface area (Å²) in [4.78, 5) is 11.8. The number of hydrogen-bond acceptors (Lipinski definition) is 5. The highest BCUT2D eigenvalue weighted by molar-refractivity contribution is 7.92. The molecule has 0 radical (unpaired) electrons. The highest BCUT2D eigenvalue weighted by Crippen LogP contribution is 2.26. The van der Waals surface area contributed by atoms with Gasteiger partial charge < -0.3 is 15.5 Å². The number of nitrogens with one attached hydrogen (secondary N) is 1. The molecule has 1 saturated heterocycles. The fourth-order valence-electron chi connectivity index (χ4n) is 2.14. The molecular formula is C12H15NO5S. The first-order chi connectivity index (χ1) is 8.92. The van der Waals surface area contributed by atoms with Crippen molar-refractivity contribution in [1.29, 1.82) is 0 Å². The predicted octanol–water partition coefficient (Wildman–Crippen LogP) is 0.405. The van der Waals surface area contributed by atoms with Gasteiger partial charge in [0.2, 0.25) is 0 Å². The van der Waals surface area contributed by atoms with Crippen molar-refractivity contribution in [3.63, 3.8) is 0 Å². The number of sulfone groups is 1. The number of carbonyl (C=O) groups excluding carboxylic acids is 1. The van der Waals surface area contributed by atoms with E-state index >= 15 is 0 Å². The van der Waals surface area contributed by atoms with E-state index in [1.165, 1.54) is 18.2 Å². The number of rotatable bonds is 3. The summed E-state index contributed by atoms with van der Waals surface area (Å²) >= 11 is 0. The van der Waals surface area contributed by atoms with E-state index in [4.69, 9.17) is 0 Å². The highest BCUT2D eigenvalue weighted by Gasteiger charge is 2.31. The molecule has 1 fully saturated rings. The van der Waals surface area contributed by atoms with Crippen LogP contribution >= 0.6 is 0 Å². The van der Waals surface area contributed by atoms with Gasteiger partial charge in [-0.2, -0.15) is 0 Å². The molecule has 104 valence electrons. The summed E-state index contributed by atoms with van der Waals surface area (Å²) < 4.78 is 23.2. The lowest BCUT2D eigenvalue weighted by Gasteiger charge is -2.12. The lowest BCUT2D eigenvalue weighted by atomic mass is 10.1. The van der Waals surface area contributed by atoms with Crippen molar-refractivity contribution in [2.24, 2.45) is 0 Å². The summed E-state index contributed by atoms with van der Waals surface area (Å²) in [5.41, 5.74) is -0.238. The van der Waals surface area contributed by atoms with E-state index in [1.807, 2.05) is 0 Å². The molecule has 0 spiro atoms. The molecule has 7 heteroatoms. The third kappa shape index (κ3) is 2.81. The Kier molecular flexibility index (Phi) is 3.66. The quantitative estimate of drug-likeness (QED) is 0.746. The Morgan fingerprint density at radius 2 is 1.95 bits per heavy atom. The zero-order chi connectivity index (χ0) is 14.0. The summed E-state index contributed by atoms with van der Waals surface area (Å²) in [6, 6.07) is 3.96. The van der Waals surface area contributed by atoms with E-state index in [9.17, 15) is 23.4 Å². The van der Waals surface area contributed by atoms with Gasteiger partial charge in [0.1, 0.15) is 17.1 Å². The molecule has 1 aromatic rings. The van der Waals surface area contributed by atoms with Crippen molar-refractivity contribution >= 4 is 15.7 Å². The van der Waals surface area contributed by atoms with Gasteiger partial charge in [-0.25, -0.2) is 8.42 Å². The second-order valence-corrected chi connectivity index (χ2v) is 6.91. The third-order valence-electron chi connectivity index (χ3n) is 3.20. The van der Waals surface area contributed by atoms with Crippen LogP contribution in [0, 0.1) is 0 Å². The molecule has 2 rings (SSSR count). The minimum absolute atomic E-state index is 0.00502. The van der Waals surface area contributed by atoms with Gasteiger partial charge in [0, 0.05) is 6.54 Å². The van der Waals surface area contributed by atoms with Crippen LogP contribution in [-0.4, -0.2) is 42.1 Å². The first-order valence-electron chi connectivity index (χ1n) is 5.92. The van der Waals surface area contributed by atoms with Crippen LogP contribution < -0.4 is 5.32 Å². The van der Waals surface area contributed by atoms with Crippen LogP contribution in [-0.2, 0) is 9.84 Å². The topological polar surface area (TPSA) is 104 Å². The number of carbonyl (C=O) groups is 1. The van der Waals surface area contributed by atoms with Gasteiger partial charge >= 0.3 is 0 Å². The predicted molar refractivity (Wildman–Crippen MR) is 68.9 cm³/mol. The summed E-state index contributed by atoms with van der Waals surface area (Å²) in [5, 5.41) is 20.9. The molecule has 1 aliphatic rings. The summed E-state index contributed by atoms with van der Waals surface area (Å²) in [6.07, 6.45) is 1.13. The van der Waals surface area contributed by atoms with Crippen LogP contribution in [0.5, 0.6) is 11.5 Å². The van der Waals surface area contributed by atoms with Gasteiger partial charge in [-0.15, -0.1) is 0 Å². The molecule has 1 unspecified atom stereocenters. The van der Waals surface area contributed by atoms with Crippen molar-refractivity contribution < 1.29 is 23.4 Å². The van der Waals surface area contributed by atoms with Crippen LogP contribution in [0.25, 0.3) is 0 Å². The highest BCUT2D eigenvalue weighted by atomic mass is 32.2. The molecular weight excluding hydrogens is 270 g/mol. The Labute approximate surface area is 111 Å². The van der Waals surface area contributed by atoms with E-state index in [-0.39, 0.29) is 29.4 Å². The lowest BCUT2D eigenvalue weighted by Crippen LogP contribution is -2.34. The molecule has 1 aromatic carbocycles. The normalized spacial score (nSPS) is 21.2. The molecule has 0 aromatic heterocycles. The molecule has 1 amide bonds. The van der Waals surface area contributed by atoms with Gasteiger partial charge in [-0.05, 0) is 25.0 Å². The molecule has 0 saturated carbocycles. The first-order valence-corrected chi connectivity index (χ1v) is 7.64. The largest absolute Gasteiger partial charge is 0.507 e. The maximum atomic E-state index is 11.8. The molecule has 3 N–H and O–H groups in total. The number of phenolic OH excluding ortho intramolecular Hbond substituents is 2. The molecule has 0 bridgehead atoms. The minimum Gasteiger partial charge on any atom is -0.507 e. The van der Waals surface area contributed by atoms with Crippen LogP contribution in [0.4, 0.5) is 0 Å². The van der Waals surface area contributed by atoms with Crippen molar-refractivity contribution in [2.45, 2.75) is 18.1 Å². The first kappa shape index (κ1) is 13.7. The Morgan fingerprint density at radius 3 is 2.47 bits per heavy atom. The van der Waals surface area contributed by atoms with Crippen molar-refractivity contribution in [3.05, 3.63) is 23.8 Å². The maximum absolute atomic E-state index is 11.8. The minimum atomic E-state index is -3.12. The number of amides is 1. The molecule has 0 aliphatic carbocycles. The standard InChI is InChI=1S/C12H15NO5S/c14-9-4-1-5-10(15)11(9)12(16)13-7-8-3-2-6-19(8,17)18/h1,4-5,8,14-15H,2-3,6-7H2,(H,13,16). The van der Waals surface area contributed by atoms with Crippen LogP contribution in [0.3, 0.4) is 0 Å². The van der Waals surface area contributed by atoms with Gasteiger partial charge in [0.25, 0.3) is 5.91 Å². The molecule has 1 heterocycles. The van der Waals surface area contributed by atoms with Crippen molar-refractivity contribution in [2.75, 3.05) is 12.3 Å². The second-order valence-electron chi connectivity index (χ2n) is 4.51. The number of benzene rings is 1. The van der Waals surface area contributed by atoms with Crippen LogP contribution in [0.2, 0.25) is 0 Å². The van der Waals surface area contributed by atoms with E-state index in [2.05, 4.69) is 5.32 Å². The van der Waals surface area contributed by atoms with Crippen LogP contribution in [0.15, 0.2) is 18.2 Å². The summed E-state index contributed by atoms with van der Waals surface area (Å²) in [6.45, 7) is -0.00502. The van der Waals surface area contributed by atoms with Gasteiger partial charge in [-0.3, -0.25) is 4.79 Å². The molecule has 1 atom stereocenters. The Balaban J connectivity index is 2.06. The van der Waals surface area contributed by atoms with Gasteiger partial charge in [0.15, 0.2) is 9.84 Å². The summed E-state index contributed by atoms with van der Waals surface area (Å²) in [7, 11) is -3.12. The molecule has 1 aliphatic heterocycles. The number of aromatic hydroxyl groups is 2. The van der Waals surface area contributed by atoms with Gasteiger partial charge in [0.05, 0.1) is 11.0 Å². The Hall–Kier alpha value is -1.76. The van der Waals surface area contributed by atoms with Crippen molar-refractivity contribution in [3.8, 4) is 11.5 Å². The summed E-state index contributed by atoms with van der Waals surface area (Å²) in [5.74, 6) is -1.22. The van der Waals surface area contributed by atoms with E-state index < -0.39 is 21.0 Å². The Morgan fingerprint density at radius 1 is 1.32 bits per heavy atom. The third-order valence-corrected chi connectivity index (χ3v) is 5.48. The SMILES string of the molecule is O=C(NCC1CCCS1(=O)=O)c1c(O)cccc1O. The smallest absolute Gasteiger partial charge is 0.258 e. The lowest BCUT2D eigenvalue weighted by molar-refractivity contribution is 0.0948. The monoisotopic (exact) mass is 285 g/mol. The average Bonchev–Trinajstić information content (AvgIpc) is 2.65. The van der Waals surface area contributed by atoms with E-state index in [0.29, 0.717) is 12.8 Å². The zero-order valence-corrected chi connectivity index (χ0v) is 11.0. The van der Waals surface area contributed by atoms with Gasteiger partial charge in [-0.1, -0.05) is 6.07 Å². The average molecular weight is 285 g/mol. The molecule has 19 heavy (non-hydrogen) atoms. The zero-order valence-electron chi connectivity index (χ0n) is 10.2. The van der Waals surface area contributed by atoms with E-state index in [0.717, 1.165) is 0 Å².